The van der Waals surface area contributed by atoms with Gasteiger partial charge in [0.05, 0.1) is 6.21 Å². The van der Waals surface area contributed by atoms with Crippen molar-refractivity contribution < 1.29 is 10.3 Å². The van der Waals surface area contributed by atoms with Crippen molar-refractivity contribution in [3.63, 3.8) is 0 Å². The van der Waals surface area contributed by atoms with E-state index in [9.17, 15) is 5.11 Å². The van der Waals surface area contributed by atoms with Crippen molar-refractivity contribution >= 4 is 6.21 Å². The van der Waals surface area contributed by atoms with Crippen molar-refractivity contribution in [3.05, 3.63) is 29.3 Å². The molecular formula is C12H17NO2. The largest absolute Gasteiger partial charge is 0.507 e. The molecule has 0 spiro atoms. The van der Waals surface area contributed by atoms with Gasteiger partial charge >= 0.3 is 0 Å². The highest BCUT2D eigenvalue weighted by molar-refractivity contribution is 5.83. The first-order valence-corrected chi connectivity index (χ1v) is 5.19. The molecule has 0 fully saturated rings. The van der Waals surface area contributed by atoms with Gasteiger partial charge in [-0.2, -0.15) is 0 Å². The number of aromatic hydroxyl groups is 1. The summed E-state index contributed by atoms with van der Waals surface area (Å²) in [6.45, 7) is 4.29. The van der Waals surface area contributed by atoms with Crippen LogP contribution in [0.4, 0.5) is 0 Å². The zero-order chi connectivity index (χ0) is 11.3. The predicted octanol–water partition coefficient (Wildman–Crippen LogP) is 3.10. The molecular weight excluding hydrogens is 190 g/mol. The molecule has 2 N–H and O–H groups in total. The Morgan fingerprint density at radius 3 is 2.80 bits per heavy atom. The summed E-state index contributed by atoms with van der Waals surface area (Å²) in [7, 11) is 0. The van der Waals surface area contributed by atoms with E-state index in [2.05, 4.69) is 19.0 Å². The summed E-state index contributed by atoms with van der Waals surface area (Å²) in [6.07, 6.45) is 3.49. The molecule has 0 bridgehead atoms. The SMILES string of the molecule is CCCC(C)c1ccc(O)c(/C=N/O)c1. The number of benzene rings is 1. The Kier molecular flexibility index (Phi) is 4.16. The third-order valence-electron chi connectivity index (χ3n) is 2.54. The smallest absolute Gasteiger partial charge is 0.124 e. The van der Waals surface area contributed by atoms with Crippen LogP contribution in [0.2, 0.25) is 0 Å². The van der Waals surface area contributed by atoms with Gasteiger partial charge in [0.15, 0.2) is 0 Å². The number of phenolic OH excluding ortho intramolecular Hbond substituents is 1. The summed E-state index contributed by atoms with van der Waals surface area (Å²) in [5.74, 6) is 0.599. The lowest BCUT2D eigenvalue weighted by molar-refractivity contribution is 0.321. The van der Waals surface area contributed by atoms with Crippen LogP contribution >= 0.6 is 0 Å². The topological polar surface area (TPSA) is 52.8 Å². The van der Waals surface area contributed by atoms with E-state index in [1.54, 1.807) is 6.07 Å². The third kappa shape index (κ3) is 2.98. The van der Waals surface area contributed by atoms with Crippen LogP contribution in [-0.4, -0.2) is 16.5 Å². The molecule has 0 heterocycles. The highest BCUT2D eigenvalue weighted by Gasteiger charge is 2.07. The van der Waals surface area contributed by atoms with Crippen LogP contribution < -0.4 is 0 Å². The van der Waals surface area contributed by atoms with Gasteiger partial charge in [-0.15, -0.1) is 0 Å². The molecule has 0 aliphatic rings. The van der Waals surface area contributed by atoms with Crippen molar-refractivity contribution in [1.29, 1.82) is 0 Å². The van der Waals surface area contributed by atoms with Gasteiger partial charge in [-0.25, -0.2) is 0 Å². The van der Waals surface area contributed by atoms with E-state index in [1.807, 2.05) is 12.1 Å². The van der Waals surface area contributed by atoms with E-state index in [0.717, 1.165) is 18.4 Å². The van der Waals surface area contributed by atoms with Crippen LogP contribution in [-0.2, 0) is 0 Å². The second kappa shape index (κ2) is 5.39. The normalized spacial score (nSPS) is 13.2. The summed E-state index contributed by atoms with van der Waals surface area (Å²) in [4.78, 5) is 0. The van der Waals surface area contributed by atoms with Crippen LogP contribution in [0.15, 0.2) is 23.4 Å². The van der Waals surface area contributed by atoms with E-state index >= 15 is 0 Å². The summed E-state index contributed by atoms with van der Waals surface area (Å²) < 4.78 is 0. The van der Waals surface area contributed by atoms with E-state index in [4.69, 9.17) is 5.21 Å². The fourth-order valence-corrected chi connectivity index (χ4v) is 1.64. The highest BCUT2D eigenvalue weighted by atomic mass is 16.4. The number of hydrogen-bond acceptors (Lipinski definition) is 3. The minimum Gasteiger partial charge on any atom is -0.507 e. The summed E-state index contributed by atoms with van der Waals surface area (Å²) in [6, 6.07) is 5.40. The number of phenols is 1. The average Bonchev–Trinajstić information content (AvgIpc) is 2.22. The quantitative estimate of drug-likeness (QED) is 0.453. The fraction of sp³-hybridized carbons (Fsp3) is 0.417. The van der Waals surface area contributed by atoms with Gasteiger partial charge in [0.2, 0.25) is 0 Å². The monoisotopic (exact) mass is 207 g/mol. The lowest BCUT2D eigenvalue weighted by atomic mass is 9.95. The first-order valence-electron chi connectivity index (χ1n) is 5.19. The lowest BCUT2D eigenvalue weighted by Crippen LogP contribution is -1.94. The number of rotatable bonds is 4. The molecule has 82 valence electrons. The molecule has 0 aromatic heterocycles. The number of hydrogen-bond donors (Lipinski definition) is 2. The molecule has 1 aromatic carbocycles. The molecule has 1 atom stereocenters. The van der Waals surface area contributed by atoms with Gasteiger partial charge in [0, 0.05) is 5.56 Å². The Balaban J connectivity index is 2.96. The molecule has 0 radical (unpaired) electrons. The van der Waals surface area contributed by atoms with Crippen molar-refractivity contribution in [2.24, 2.45) is 5.16 Å². The zero-order valence-corrected chi connectivity index (χ0v) is 9.14. The van der Waals surface area contributed by atoms with Gasteiger partial charge in [-0.05, 0) is 30.0 Å². The Morgan fingerprint density at radius 1 is 1.47 bits per heavy atom. The van der Waals surface area contributed by atoms with Crippen LogP contribution in [0.25, 0.3) is 0 Å². The maximum atomic E-state index is 9.48. The van der Waals surface area contributed by atoms with Gasteiger partial charge in [-0.1, -0.05) is 31.5 Å². The molecule has 0 saturated heterocycles. The lowest BCUT2D eigenvalue weighted by Gasteiger charge is -2.11. The molecule has 15 heavy (non-hydrogen) atoms. The van der Waals surface area contributed by atoms with Gasteiger partial charge in [0.1, 0.15) is 5.75 Å². The Hall–Kier alpha value is -1.51. The minimum atomic E-state index is 0.139. The van der Waals surface area contributed by atoms with E-state index < -0.39 is 0 Å². The van der Waals surface area contributed by atoms with Crippen molar-refractivity contribution in [1.82, 2.24) is 0 Å². The van der Waals surface area contributed by atoms with E-state index in [1.165, 1.54) is 6.21 Å². The number of oxime groups is 1. The summed E-state index contributed by atoms with van der Waals surface area (Å²) in [5, 5.41) is 20.8. The first-order chi connectivity index (χ1) is 7.19. The van der Waals surface area contributed by atoms with Gasteiger partial charge in [0.25, 0.3) is 0 Å². The molecule has 0 saturated carbocycles. The average molecular weight is 207 g/mol. The van der Waals surface area contributed by atoms with Gasteiger partial charge in [-0.3, -0.25) is 0 Å². The third-order valence-corrected chi connectivity index (χ3v) is 2.54. The molecule has 3 nitrogen and oxygen atoms in total. The summed E-state index contributed by atoms with van der Waals surface area (Å²) in [5.41, 5.74) is 1.71. The van der Waals surface area contributed by atoms with Gasteiger partial charge < -0.3 is 10.3 Å². The van der Waals surface area contributed by atoms with Crippen LogP contribution in [0.3, 0.4) is 0 Å². The Morgan fingerprint density at radius 2 is 2.20 bits per heavy atom. The van der Waals surface area contributed by atoms with Crippen LogP contribution in [0.1, 0.15) is 43.7 Å². The van der Waals surface area contributed by atoms with Crippen molar-refractivity contribution in [2.45, 2.75) is 32.6 Å². The van der Waals surface area contributed by atoms with Crippen molar-refractivity contribution in [2.75, 3.05) is 0 Å². The number of nitrogens with zero attached hydrogens (tertiary/aromatic N) is 1. The van der Waals surface area contributed by atoms with Crippen LogP contribution in [0.5, 0.6) is 5.75 Å². The fourth-order valence-electron chi connectivity index (χ4n) is 1.64. The second-order valence-corrected chi connectivity index (χ2v) is 3.75. The minimum absolute atomic E-state index is 0.139. The highest BCUT2D eigenvalue weighted by Crippen LogP contribution is 2.25. The molecule has 0 amide bonds. The predicted molar refractivity (Wildman–Crippen MR) is 60.8 cm³/mol. The molecule has 1 unspecified atom stereocenters. The van der Waals surface area contributed by atoms with E-state index in [-0.39, 0.29) is 5.75 Å². The summed E-state index contributed by atoms with van der Waals surface area (Å²) >= 11 is 0. The molecule has 3 heteroatoms. The van der Waals surface area contributed by atoms with Crippen LogP contribution in [0, 0.1) is 0 Å². The first kappa shape index (κ1) is 11.6. The van der Waals surface area contributed by atoms with Crippen molar-refractivity contribution in [3.8, 4) is 5.75 Å². The Labute approximate surface area is 90.1 Å². The second-order valence-electron chi connectivity index (χ2n) is 3.75. The maximum Gasteiger partial charge on any atom is 0.124 e. The maximum absolute atomic E-state index is 9.48. The molecule has 1 aromatic rings. The molecule has 0 aliphatic carbocycles. The van der Waals surface area contributed by atoms with E-state index in [0.29, 0.717) is 11.5 Å². The molecule has 1 rings (SSSR count). The standard InChI is InChI=1S/C12H17NO2/c1-3-4-9(2)10-5-6-12(14)11(7-10)8-13-15/h5-9,14-15H,3-4H2,1-2H3/b13-8+. The molecule has 0 aliphatic heterocycles. The Bertz CT molecular complexity index is 347. The zero-order valence-electron chi connectivity index (χ0n) is 9.14.